The monoisotopic (exact) mass is 376 g/mol. The molecule has 0 aliphatic carbocycles. The Labute approximate surface area is 154 Å². The van der Waals surface area contributed by atoms with Crippen LogP contribution < -0.4 is 0 Å². The Morgan fingerprint density at radius 2 is 2.08 bits per heavy atom. The molecule has 0 bridgehead atoms. The van der Waals surface area contributed by atoms with E-state index >= 15 is 0 Å². The molecule has 4 rings (SSSR count). The van der Waals surface area contributed by atoms with E-state index in [-0.39, 0.29) is 36.8 Å². The summed E-state index contributed by atoms with van der Waals surface area (Å²) >= 11 is 5.84. The van der Waals surface area contributed by atoms with E-state index in [1.807, 2.05) is 0 Å². The molecule has 1 N–H and O–H groups in total. The van der Waals surface area contributed by atoms with Crippen molar-refractivity contribution < 1.29 is 19.2 Å². The number of aliphatic hydroxyl groups excluding tert-OH is 1. The van der Waals surface area contributed by atoms with Crippen LogP contribution in [0.25, 0.3) is 0 Å². The van der Waals surface area contributed by atoms with Crippen molar-refractivity contribution in [1.82, 2.24) is 19.9 Å². The molecule has 136 valence electrons. The number of carbonyl (C=O) groups is 2. The van der Waals surface area contributed by atoms with Crippen molar-refractivity contribution in [1.29, 1.82) is 0 Å². The lowest BCUT2D eigenvalue weighted by Crippen LogP contribution is -2.32. The van der Waals surface area contributed by atoms with Crippen LogP contribution in [-0.2, 0) is 17.8 Å². The predicted molar refractivity (Wildman–Crippen MR) is 90.1 cm³/mol. The second-order valence-electron chi connectivity index (χ2n) is 6.43. The molecule has 2 fully saturated rings. The van der Waals surface area contributed by atoms with E-state index in [9.17, 15) is 14.7 Å². The number of benzene rings is 1. The van der Waals surface area contributed by atoms with Crippen LogP contribution in [0.2, 0.25) is 5.02 Å². The lowest BCUT2D eigenvalue weighted by molar-refractivity contribution is -0.128. The quantitative estimate of drug-likeness (QED) is 0.800. The highest BCUT2D eigenvalue weighted by Crippen LogP contribution is 2.28. The van der Waals surface area contributed by atoms with Gasteiger partial charge in [0.2, 0.25) is 5.89 Å². The van der Waals surface area contributed by atoms with E-state index in [1.54, 1.807) is 29.2 Å². The minimum absolute atomic E-state index is 0.0469. The lowest BCUT2D eigenvalue weighted by atomic mass is 10.1. The van der Waals surface area contributed by atoms with Crippen LogP contribution in [0.15, 0.2) is 28.8 Å². The first-order valence-corrected chi connectivity index (χ1v) is 8.77. The zero-order chi connectivity index (χ0) is 18.3. The summed E-state index contributed by atoms with van der Waals surface area (Å²) in [5.41, 5.74) is 0.686. The van der Waals surface area contributed by atoms with Crippen LogP contribution in [0, 0.1) is 0 Å². The van der Waals surface area contributed by atoms with Gasteiger partial charge in [-0.15, -0.1) is 0 Å². The lowest BCUT2D eigenvalue weighted by Gasteiger charge is -2.13. The summed E-state index contributed by atoms with van der Waals surface area (Å²) in [6, 6.07) is 6.18. The fourth-order valence-electron chi connectivity index (χ4n) is 3.38. The third-order valence-corrected chi connectivity index (χ3v) is 4.97. The normalized spacial score (nSPS) is 20.8. The van der Waals surface area contributed by atoms with Crippen molar-refractivity contribution in [2.45, 2.75) is 38.0 Å². The molecule has 1 aromatic carbocycles. The number of urea groups is 1. The average molecular weight is 377 g/mol. The average Bonchev–Trinajstić information content (AvgIpc) is 3.32. The molecule has 3 heterocycles. The summed E-state index contributed by atoms with van der Waals surface area (Å²) in [5.74, 6) is 0.265. The Bertz CT molecular complexity index is 816. The maximum Gasteiger partial charge on any atom is 0.327 e. The molecule has 0 saturated carbocycles. The Kier molecular flexibility index (Phi) is 4.37. The van der Waals surface area contributed by atoms with Crippen molar-refractivity contribution >= 4 is 23.5 Å². The molecule has 9 heteroatoms. The minimum atomic E-state index is -0.807. The van der Waals surface area contributed by atoms with Crippen molar-refractivity contribution in [2.24, 2.45) is 0 Å². The van der Waals surface area contributed by atoms with Crippen LogP contribution >= 0.6 is 11.6 Å². The van der Waals surface area contributed by atoms with Gasteiger partial charge >= 0.3 is 6.03 Å². The van der Waals surface area contributed by atoms with Gasteiger partial charge in [-0.3, -0.25) is 9.69 Å². The number of aliphatic hydroxyl groups is 1. The molecule has 2 saturated heterocycles. The van der Waals surface area contributed by atoms with Gasteiger partial charge in [0.25, 0.3) is 5.91 Å². The van der Waals surface area contributed by atoms with E-state index in [4.69, 9.17) is 16.1 Å². The number of hydrogen-bond donors (Lipinski definition) is 1. The zero-order valence-electron chi connectivity index (χ0n) is 13.8. The standard InChI is InChI=1S/C17H17ClN4O4/c18-11-5-3-10(4-6-11)13(23)8-14-19-15(26-20-14)9-22-16(24)12-2-1-7-21(12)17(22)25/h3-6,12-13,23H,1-2,7-9H2/t12-,13-/m0/s1. The molecule has 2 aliphatic rings. The molecular formula is C17H17ClN4O4. The first kappa shape index (κ1) is 17.0. The number of imide groups is 1. The smallest absolute Gasteiger partial charge is 0.327 e. The highest BCUT2D eigenvalue weighted by atomic mass is 35.5. The molecule has 0 radical (unpaired) electrons. The third-order valence-electron chi connectivity index (χ3n) is 4.71. The highest BCUT2D eigenvalue weighted by Gasteiger charge is 2.47. The number of halogens is 1. The van der Waals surface area contributed by atoms with Crippen LogP contribution in [0.1, 0.15) is 36.2 Å². The van der Waals surface area contributed by atoms with Gasteiger partial charge in [0, 0.05) is 18.0 Å². The second-order valence-corrected chi connectivity index (χ2v) is 6.87. The minimum Gasteiger partial charge on any atom is -0.388 e. The van der Waals surface area contributed by atoms with E-state index in [2.05, 4.69) is 10.1 Å². The summed E-state index contributed by atoms with van der Waals surface area (Å²) in [4.78, 5) is 31.5. The maximum atomic E-state index is 12.3. The summed E-state index contributed by atoms with van der Waals surface area (Å²) in [6.45, 7) is 0.558. The first-order valence-electron chi connectivity index (χ1n) is 8.40. The molecule has 2 aromatic rings. The molecule has 26 heavy (non-hydrogen) atoms. The van der Waals surface area contributed by atoms with Crippen LogP contribution in [0.3, 0.4) is 0 Å². The molecule has 2 atom stereocenters. The second kappa shape index (κ2) is 6.69. The Morgan fingerprint density at radius 1 is 1.31 bits per heavy atom. The van der Waals surface area contributed by atoms with E-state index in [0.29, 0.717) is 29.4 Å². The number of carbonyl (C=O) groups excluding carboxylic acids is 2. The number of aromatic nitrogens is 2. The molecular weight excluding hydrogens is 360 g/mol. The molecule has 0 spiro atoms. The van der Waals surface area contributed by atoms with Gasteiger partial charge in [0.05, 0.1) is 6.10 Å². The van der Waals surface area contributed by atoms with Gasteiger partial charge in [-0.05, 0) is 30.5 Å². The number of fused-ring (bicyclic) bond motifs is 1. The van der Waals surface area contributed by atoms with Crippen molar-refractivity contribution in [2.75, 3.05) is 6.54 Å². The highest BCUT2D eigenvalue weighted by molar-refractivity contribution is 6.30. The molecule has 1 aromatic heterocycles. The fourth-order valence-corrected chi connectivity index (χ4v) is 3.50. The van der Waals surface area contributed by atoms with E-state index in [0.717, 1.165) is 11.3 Å². The van der Waals surface area contributed by atoms with E-state index in [1.165, 1.54) is 0 Å². The van der Waals surface area contributed by atoms with Gasteiger partial charge in [-0.2, -0.15) is 4.98 Å². The number of hydrogen-bond acceptors (Lipinski definition) is 6. The Morgan fingerprint density at radius 3 is 2.81 bits per heavy atom. The Hall–Kier alpha value is -2.45. The van der Waals surface area contributed by atoms with Gasteiger partial charge in [0.15, 0.2) is 5.82 Å². The van der Waals surface area contributed by atoms with E-state index < -0.39 is 6.10 Å². The number of nitrogens with zero attached hydrogens (tertiary/aromatic N) is 4. The Balaban J connectivity index is 1.41. The predicted octanol–water partition coefficient (Wildman–Crippen LogP) is 1.93. The molecule has 8 nitrogen and oxygen atoms in total. The molecule has 0 unspecified atom stereocenters. The van der Waals surface area contributed by atoms with Gasteiger partial charge in [0.1, 0.15) is 12.6 Å². The van der Waals surface area contributed by atoms with Gasteiger partial charge in [-0.25, -0.2) is 4.79 Å². The largest absolute Gasteiger partial charge is 0.388 e. The van der Waals surface area contributed by atoms with Gasteiger partial charge < -0.3 is 14.5 Å². The summed E-state index contributed by atoms with van der Waals surface area (Å²) in [6.07, 6.45) is 0.896. The number of rotatable bonds is 5. The zero-order valence-corrected chi connectivity index (χ0v) is 14.6. The topological polar surface area (TPSA) is 99.8 Å². The van der Waals surface area contributed by atoms with Gasteiger partial charge in [-0.1, -0.05) is 28.9 Å². The molecule has 3 amide bonds. The van der Waals surface area contributed by atoms with Crippen molar-refractivity contribution in [3.63, 3.8) is 0 Å². The number of amides is 3. The van der Waals surface area contributed by atoms with Crippen LogP contribution in [-0.4, -0.2) is 49.6 Å². The molecule has 2 aliphatic heterocycles. The summed E-state index contributed by atoms with van der Waals surface area (Å²) in [5, 5.41) is 14.7. The third kappa shape index (κ3) is 3.06. The van der Waals surface area contributed by atoms with Crippen LogP contribution in [0.5, 0.6) is 0 Å². The van der Waals surface area contributed by atoms with Crippen molar-refractivity contribution in [3.8, 4) is 0 Å². The fraction of sp³-hybridized carbons (Fsp3) is 0.412. The first-order chi connectivity index (χ1) is 12.5. The SMILES string of the molecule is O=C1[C@@H]2CCCN2C(=O)N1Cc1nc(C[C@H](O)c2ccc(Cl)cc2)no1. The van der Waals surface area contributed by atoms with Crippen LogP contribution in [0.4, 0.5) is 4.79 Å². The maximum absolute atomic E-state index is 12.3. The summed E-state index contributed by atoms with van der Waals surface area (Å²) in [7, 11) is 0. The van der Waals surface area contributed by atoms with Crippen molar-refractivity contribution in [3.05, 3.63) is 46.6 Å². The summed E-state index contributed by atoms with van der Waals surface area (Å²) < 4.78 is 5.14.